The number of β-lactam (4-membered cyclic amide) rings is 1. The molecule has 2 N–H and O–H groups in total. The lowest BCUT2D eigenvalue weighted by molar-refractivity contribution is -0.287. The van der Waals surface area contributed by atoms with Crippen LogP contribution in [-0.2, 0) is 54.9 Å². The highest BCUT2D eigenvalue weighted by molar-refractivity contribution is 5.92. The van der Waals surface area contributed by atoms with Gasteiger partial charge in [0.25, 0.3) is 5.91 Å². The Bertz CT molecular complexity index is 1500. The number of carbonyl (C=O) groups is 1. The summed E-state index contributed by atoms with van der Waals surface area (Å²) in [6.07, 6.45) is -3.28. The molecule has 4 aromatic carbocycles. The number of ether oxygens (including phenoxy) is 5. The highest BCUT2D eigenvalue weighted by Crippen LogP contribution is 2.37. The minimum Gasteiger partial charge on any atom is -0.378 e. The number of nitrogens with one attached hydrogen (secondary N) is 1. The number of aliphatic hydroxyl groups is 1. The van der Waals surface area contributed by atoms with Gasteiger partial charge < -0.3 is 34.1 Å². The summed E-state index contributed by atoms with van der Waals surface area (Å²) in [5.41, 5.74) is 2.37. The van der Waals surface area contributed by atoms with Crippen LogP contribution in [0.3, 0.4) is 0 Å². The van der Waals surface area contributed by atoms with E-state index in [9.17, 15) is 9.90 Å². The fourth-order valence-corrected chi connectivity index (χ4v) is 5.99. The van der Waals surface area contributed by atoms with Crippen molar-refractivity contribution in [2.75, 3.05) is 6.61 Å². The first-order chi connectivity index (χ1) is 22.5. The number of amides is 1. The van der Waals surface area contributed by atoms with Crippen LogP contribution in [0.15, 0.2) is 121 Å². The van der Waals surface area contributed by atoms with Crippen molar-refractivity contribution in [3.05, 3.63) is 144 Å². The van der Waals surface area contributed by atoms with Gasteiger partial charge in [0.2, 0.25) is 0 Å². The number of carbonyl (C=O) groups excluding carboxylic acids is 1. The smallest absolute Gasteiger partial charge is 0.254 e. The van der Waals surface area contributed by atoms with E-state index >= 15 is 0 Å². The van der Waals surface area contributed by atoms with Crippen LogP contribution >= 0.6 is 0 Å². The van der Waals surface area contributed by atoms with Crippen molar-refractivity contribution in [3.63, 3.8) is 0 Å². The van der Waals surface area contributed by atoms with E-state index in [1.807, 2.05) is 121 Å². The molecule has 7 atom stereocenters. The van der Waals surface area contributed by atoms with Gasteiger partial charge in [-0.15, -0.1) is 0 Å². The molecular weight excluding hydrogens is 582 g/mol. The number of hydrogen-bond acceptors (Lipinski definition) is 7. The molecule has 240 valence electrons. The van der Waals surface area contributed by atoms with Crippen LogP contribution in [-0.4, -0.2) is 59.8 Å². The highest BCUT2D eigenvalue weighted by atomic mass is 16.6. The Morgan fingerprint density at radius 2 is 1.04 bits per heavy atom. The lowest BCUT2D eigenvalue weighted by Gasteiger charge is -2.53. The average molecular weight is 624 g/mol. The summed E-state index contributed by atoms with van der Waals surface area (Å²) >= 11 is 0. The van der Waals surface area contributed by atoms with E-state index in [2.05, 4.69) is 5.32 Å². The van der Waals surface area contributed by atoms with Gasteiger partial charge in [0.05, 0.1) is 39.1 Å². The van der Waals surface area contributed by atoms with Gasteiger partial charge in [-0.2, -0.15) is 0 Å². The SMILES string of the molecule is C[C@]1(O)C(=O)N[C@@H]1[C@@H]1O[C@H](COCc2ccccc2)[C@@H](OCc2ccccc2)[C@H](OCc2ccccc2)[C@H]1OCc1ccccc1. The predicted octanol–water partition coefficient (Wildman–Crippen LogP) is 4.98. The van der Waals surface area contributed by atoms with E-state index in [-0.39, 0.29) is 13.2 Å². The summed E-state index contributed by atoms with van der Waals surface area (Å²) in [6.45, 7) is 3.00. The van der Waals surface area contributed by atoms with Crippen molar-refractivity contribution in [1.82, 2.24) is 5.32 Å². The monoisotopic (exact) mass is 623 g/mol. The van der Waals surface area contributed by atoms with Crippen LogP contribution < -0.4 is 5.32 Å². The number of rotatable bonds is 14. The maximum absolute atomic E-state index is 12.5. The van der Waals surface area contributed by atoms with Crippen molar-refractivity contribution in [1.29, 1.82) is 0 Å². The van der Waals surface area contributed by atoms with Gasteiger partial charge in [-0.25, -0.2) is 0 Å². The molecule has 2 heterocycles. The zero-order chi connectivity index (χ0) is 31.8. The zero-order valence-electron chi connectivity index (χ0n) is 25.9. The molecule has 46 heavy (non-hydrogen) atoms. The fraction of sp³-hybridized carbons (Fsp3) is 0.342. The molecule has 0 radical (unpaired) electrons. The predicted molar refractivity (Wildman–Crippen MR) is 172 cm³/mol. The highest BCUT2D eigenvalue weighted by Gasteiger charge is 2.60. The van der Waals surface area contributed by atoms with Crippen LogP contribution in [0.2, 0.25) is 0 Å². The maximum Gasteiger partial charge on any atom is 0.254 e. The second kappa shape index (κ2) is 15.1. The van der Waals surface area contributed by atoms with Gasteiger partial charge in [0.15, 0.2) is 5.60 Å². The molecular formula is C38H41NO7. The molecule has 8 nitrogen and oxygen atoms in total. The van der Waals surface area contributed by atoms with E-state index in [0.717, 1.165) is 22.3 Å². The molecule has 1 amide bonds. The molecule has 2 aliphatic heterocycles. The molecule has 8 heteroatoms. The molecule has 2 saturated heterocycles. The second-order valence-electron chi connectivity index (χ2n) is 12.0. The third kappa shape index (κ3) is 7.73. The van der Waals surface area contributed by atoms with Gasteiger partial charge in [-0.3, -0.25) is 4.79 Å². The average Bonchev–Trinajstić information content (AvgIpc) is 3.10. The molecule has 4 aromatic rings. The molecule has 0 aromatic heterocycles. The summed E-state index contributed by atoms with van der Waals surface area (Å²) in [5, 5.41) is 14.0. The summed E-state index contributed by atoms with van der Waals surface area (Å²) in [7, 11) is 0. The van der Waals surface area contributed by atoms with Crippen LogP contribution in [0.1, 0.15) is 29.2 Å². The Hall–Kier alpha value is -3.89. The molecule has 2 fully saturated rings. The Morgan fingerprint density at radius 3 is 1.48 bits per heavy atom. The Kier molecular flexibility index (Phi) is 10.5. The summed E-state index contributed by atoms with van der Waals surface area (Å²) in [4.78, 5) is 12.5. The van der Waals surface area contributed by atoms with E-state index in [4.69, 9.17) is 23.7 Å². The molecule has 6 rings (SSSR count). The summed E-state index contributed by atoms with van der Waals surface area (Å²) < 4.78 is 33.0. The third-order valence-corrected chi connectivity index (χ3v) is 8.60. The zero-order valence-corrected chi connectivity index (χ0v) is 25.9. The quantitative estimate of drug-likeness (QED) is 0.192. The number of hydrogen-bond donors (Lipinski definition) is 2. The minimum absolute atomic E-state index is 0.199. The van der Waals surface area contributed by atoms with Crippen molar-refractivity contribution in [2.24, 2.45) is 0 Å². The summed E-state index contributed by atoms with van der Waals surface area (Å²) in [5.74, 6) is -0.455. The van der Waals surface area contributed by atoms with E-state index in [0.29, 0.717) is 19.8 Å². The third-order valence-electron chi connectivity index (χ3n) is 8.60. The van der Waals surface area contributed by atoms with Gasteiger partial charge in [0.1, 0.15) is 30.5 Å². The Labute approximate surface area is 270 Å². The minimum atomic E-state index is -1.64. The van der Waals surface area contributed by atoms with Crippen molar-refractivity contribution >= 4 is 5.91 Å². The number of benzene rings is 4. The van der Waals surface area contributed by atoms with Crippen LogP contribution in [0.25, 0.3) is 0 Å². The van der Waals surface area contributed by atoms with E-state index in [1.54, 1.807) is 0 Å². The molecule has 0 bridgehead atoms. The molecule has 0 unspecified atom stereocenters. The van der Waals surface area contributed by atoms with Crippen molar-refractivity contribution in [2.45, 2.75) is 75.5 Å². The van der Waals surface area contributed by atoms with Gasteiger partial charge in [-0.05, 0) is 29.2 Å². The molecule has 0 saturated carbocycles. The topological polar surface area (TPSA) is 95.5 Å². The Morgan fingerprint density at radius 1 is 0.630 bits per heavy atom. The van der Waals surface area contributed by atoms with Crippen LogP contribution in [0, 0.1) is 0 Å². The first-order valence-electron chi connectivity index (χ1n) is 15.8. The normalized spacial score (nSPS) is 27.5. The first kappa shape index (κ1) is 32.1. The summed E-state index contributed by atoms with van der Waals surface area (Å²) in [6, 6.07) is 38.9. The van der Waals surface area contributed by atoms with Crippen molar-refractivity contribution in [3.8, 4) is 0 Å². The Balaban J connectivity index is 1.32. The first-order valence-corrected chi connectivity index (χ1v) is 15.8. The largest absolute Gasteiger partial charge is 0.378 e. The van der Waals surface area contributed by atoms with Gasteiger partial charge in [0, 0.05) is 0 Å². The second-order valence-corrected chi connectivity index (χ2v) is 12.0. The van der Waals surface area contributed by atoms with E-state index < -0.39 is 48.1 Å². The van der Waals surface area contributed by atoms with Crippen LogP contribution in [0.5, 0.6) is 0 Å². The van der Waals surface area contributed by atoms with Gasteiger partial charge in [-0.1, -0.05) is 121 Å². The fourth-order valence-electron chi connectivity index (χ4n) is 5.99. The standard InChI is InChI=1S/C38H41NO7/c1-38(41)36(39-37(38)40)35-34(45-25-30-20-12-5-13-21-30)33(44-24-29-18-10-4-11-19-29)32(43-23-28-16-8-3-9-17-28)31(46-35)26-42-22-27-14-6-2-7-15-27/h2-21,31-36,41H,22-26H2,1H3,(H,39,40)/t31-,32-,33+,34-,35-,36-,38-/m1/s1. The molecule has 0 aliphatic carbocycles. The maximum atomic E-state index is 12.5. The van der Waals surface area contributed by atoms with E-state index in [1.165, 1.54) is 6.92 Å². The molecule has 0 spiro atoms. The van der Waals surface area contributed by atoms with Gasteiger partial charge >= 0.3 is 0 Å². The lowest BCUT2D eigenvalue weighted by atomic mass is 9.78. The van der Waals surface area contributed by atoms with Crippen LogP contribution in [0.4, 0.5) is 0 Å². The molecule has 2 aliphatic rings. The van der Waals surface area contributed by atoms with Crippen molar-refractivity contribution < 1.29 is 33.6 Å². The lowest BCUT2D eigenvalue weighted by Crippen LogP contribution is -2.79.